The second kappa shape index (κ2) is 8.03. The van der Waals surface area contributed by atoms with Gasteiger partial charge in [0.2, 0.25) is 5.71 Å². The van der Waals surface area contributed by atoms with E-state index in [1.54, 1.807) is 14.0 Å². The standard InChI is InChI=1S/C19H28N4O3/c1-4-14-8-5-6-10-23(14)11-7-9-20-17(24)15-13(2)26-18-16(15)19(25)22(3)12-21-18/h12,14H,4-11H2,1-3H3,(H,20,24)/t14-/m1/s1. The average Bonchev–Trinajstić information content (AvgIpc) is 2.99. The number of amides is 1. The van der Waals surface area contributed by atoms with Crippen LogP contribution in [0, 0.1) is 6.92 Å². The minimum Gasteiger partial charge on any atom is -0.442 e. The van der Waals surface area contributed by atoms with Crippen molar-refractivity contribution < 1.29 is 9.21 Å². The quantitative estimate of drug-likeness (QED) is 0.799. The zero-order chi connectivity index (χ0) is 18.7. The van der Waals surface area contributed by atoms with Gasteiger partial charge in [0.1, 0.15) is 17.5 Å². The van der Waals surface area contributed by atoms with Crippen molar-refractivity contribution in [1.29, 1.82) is 0 Å². The molecular weight excluding hydrogens is 332 g/mol. The number of fused-ring (bicyclic) bond motifs is 1. The second-order valence-electron chi connectivity index (χ2n) is 7.08. The van der Waals surface area contributed by atoms with Crippen LogP contribution in [0.25, 0.3) is 11.1 Å². The second-order valence-corrected chi connectivity index (χ2v) is 7.08. The Morgan fingerprint density at radius 1 is 1.42 bits per heavy atom. The molecule has 1 atom stereocenters. The molecule has 0 bridgehead atoms. The van der Waals surface area contributed by atoms with E-state index < -0.39 is 0 Å². The van der Waals surface area contributed by atoms with Crippen LogP contribution in [0.4, 0.5) is 0 Å². The van der Waals surface area contributed by atoms with Gasteiger partial charge < -0.3 is 19.2 Å². The van der Waals surface area contributed by atoms with Crippen LogP contribution in [0.1, 0.15) is 55.1 Å². The molecule has 0 aliphatic carbocycles. The Hall–Kier alpha value is -2.15. The minimum atomic E-state index is -0.267. The van der Waals surface area contributed by atoms with Crippen molar-refractivity contribution in [3.8, 4) is 0 Å². The normalized spacial score (nSPS) is 18.3. The Morgan fingerprint density at radius 2 is 2.23 bits per heavy atom. The summed E-state index contributed by atoms with van der Waals surface area (Å²) in [7, 11) is 1.61. The summed E-state index contributed by atoms with van der Waals surface area (Å²) in [6.07, 6.45) is 7.34. The fourth-order valence-corrected chi connectivity index (χ4v) is 3.85. The smallest absolute Gasteiger partial charge is 0.265 e. The van der Waals surface area contributed by atoms with Crippen LogP contribution in [0.2, 0.25) is 0 Å². The zero-order valence-electron chi connectivity index (χ0n) is 15.9. The van der Waals surface area contributed by atoms with E-state index in [4.69, 9.17) is 4.42 Å². The Balaban J connectivity index is 1.62. The lowest BCUT2D eigenvalue weighted by Crippen LogP contribution is -2.40. The van der Waals surface area contributed by atoms with Gasteiger partial charge in [0, 0.05) is 26.2 Å². The highest BCUT2D eigenvalue weighted by molar-refractivity contribution is 6.06. The monoisotopic (exact) mass is 360 g/mol. The minimum absolute atomic E-state index is 0.217. The Bertz CT molecular complexity index is 839. The summed E-state index contributed by atoms with van der Waals surface area (Å²) in [6, 6.07) is 0.675. The van der Waals surface area contributed by atoms with Crippen LogP contribution in [0.15, 0.2) is 15.5 Å². The van der Waals surface area contributed by atoms with Gasteiger partial charge in [-0.3, -0.25) is 9.59 Å². The molecule has 26 heavy (non-hydrogen) atoms. The number of nitrogens with zero attached hydrogens (tertiary/aromatic N) is 3. The van der Waals surface area contributed by atoms with Crippen molar-refractivity contribution in [2.24, 2.45) is 7.05 Å². The van der Waals surface area contributed by atoms with E-state index in [-0.39, 0.29) is 22.6 Å². The first-order valence-electron chi connectivity index (χ1n) is 9.50. The number of hydrogen-bond acceptors (Lipinski definition) is 5. The first kappa shape index (κ1) is 18.6. The van der Waals surface area contributed by atoms with E-state index in [1.807, 2.05) is 0 Å². The largest absolute Gasteiger partial charge is 0.442 e. The average molecular weight is 360 g/mol. The summed E-state index contributed by atoms with van der Waals surface area (Å²) >= 11 is 0. The highest BCUT2D eigenvalue weighted by Crippen LogP contribution is 2.21. The first-order valence-corrected chi connectivity index (χ1v) is 9.50. The molecule has 1 amide bonds. The molecule has 1 N–H and O–H groups in total. The van der Waals surface area contributed by atoms with Gasteiger partial charge >= 0.3 is 0 Å². The third-order valence-corrected chi connectivity index (χ3v) is 5.30. The van der Waals surface area contributed by atoms with Crippen molar-refractivity contribution in [1.82, 2.24) is 19.8 Å². The highest BCUT2D eigenvalue weighted by Gasteiger charge is 2.23. The van der Waals surface area contributed by atoms with Gasteiger partial charge in [-0.25, -0.2) is 4.98 Å². The molecule has 1 fully saturated rings. The third-order valence-electron chi connectivity index (χ3n) is 5.30. The van der Waals surface area contributed by atoms with Crippen LogP contribution < -0.4 is 10.9 Å². The predicted molar refractivity (Wildman–Crippen MR) is 100 cm³/mol. The lowest BCUT2D eigenvalue weighted by atomic mass is 10.00. The number of carbonyl (C=O) groups excluding carboxylic acids is 1. The molecular formula is C19H28N4O3. The zero-order valence-corrected chi connectivity index (χ0v) is 15.9. The first-order chi connectivity index (χ1) is 12.5. The summed E-state index contributed by atoms with van der Waals surface area (Å²) in [4.78, 5) is 31.6. The van der Waals surface area contributed by atoms with Gasteiger partial charge in [-0.1, -0.05) is 13.3 Å². The Morgan fingerprint density at radius 3 is 3.00 bits per heavy atom. The van der Waals surface area contributed by atoms with Gasteiger partial charge in [0.15, 0.2) is 0 Å². The van der Waals surface area contributed by atoms with E-state index in [9.17, 15) is 9.59 Å². The van der Waals surface area contributed by atoms with Crippen molar-refractivity contribution in [3.05, 3.63) is 28.0 Å². The molecule has 1 aliphatic heterocycles. The van der Waals surface area contributed by atoms with Crippen molar-refractivity contribution in [2.45, 2.75) is 52.0 Å². The number of nitrogens with one attached hydrogen (secondary N) is 1. The number of carbonyl (C=O) groups is 1. The molecule has 0 saturated carbocycles. The van der Waals surface area contributed by atoms with Gasteiger partial charge in [0.25, 0.3) is 11.5 Å². The summed E-state index contributed by atoms with van der Waals surface area (Å²) in [5, 5.41) is 3.19. The molecule has 1 aliphatic rings. The molecule has 142 valence electrons. The number of furan rings is 1. The maximum atomic E-state index is 12.6. The number of aryl methyl sites for hydroxylation is 2. The number of rotatable bonds is 6. The van der Waals surface area contributed by atoms with Crippen molar-refractivity contribution in [3.63, 3.8) is 0 Å². The van der Waals surface area contributed by atoms with Gasteiger partial charge in [0.05, 0.1) is 5.56 Å². The van der Waals surface area contributed by atoms with E-state index in [0.717, 1.165) is 19.5 Å². The van der Waals surface area contributed by atoms with E-state index in [0.29, 0.717) is 23.9 Å². The van der Waals surface area contributed by atoms with Gasteiger partial charge in [-0.2, -0.15) is 0 Å². The molecule has 7 heteroatoms. The Kier molecular flexibility index (Phi) is 5.76. The van der Waals surface area contributed by atoms with E-state index in [1.165, 1.54) is 36.6 Å². The SMILES string of the molecule is CC[C@@H]1CCCCN1CCCNC(=O)c1c(C)oc2ncn(C)c(=O)c12. The van der Waals surface area contributed by atoms with Crippen molar-refractivity contribution >= 4 is 17.0 Å². The van der Waals surface area contributed by atoms with Gasteiger partial charge in [-0.05, 0) is 39.2 Å². The molecule has 2 aromatic heterocycles. The molecule has 0 radical (unpaired) electrons. The van der Waals surface area contributed by atoms with Crippen LogP contribution in [-0.2, 0) is 7.05 Å². The molecule has 0 spiro atoms. The molecule has 2 aromatic rings. The van der Waals surface area contributed by atoms with Crippen LogP contribution >= 0.6 is 0 Å². The fraction of sp³-hybridized carbons (Fsp3) is 0.632. The molecule has 0 unspecified atom stereocenters. The lowest BCUT2D eigenvalue weighted by Gasteiger charge is -2.35. The van der Waals surface area contributed by atoms with Crippen LogP contribution in [-0.4, -0.2) is 46.0 Å². The van der Waals surface area contributed by atoms with Crippen LogP contribution in [0.3, 0.4) is 0 Å². The number of likely N-dealkylation sites (tertiary alicyclic amines) is 1. The predicted octanol–water partition coefficient (Wildman–Crippen LogP) is 2.22. The maximum Gasteiger partial charge on any atom is 0.265 e. The maximum absolute atomic E-state index is 12.6. The number of hydrogen-bond donors (Lipinski definition) is 1. The van der Waals surface area contributed by atoms with Crippen molar-refractivity contribution in [2.75, 3.05) is 19.6 Å². The molecule has 3 heterocycles. The van der Waals surface area contributed by atoms with Gasteiger partial charge in [-0.15, -0.1) is 0 Å². The summed E-state index contributed by atoms with van der Waals surface area (Å²) in [6.45, 7) is 6.66. The molecule has 1 saturated heterocycles. The summed E-state index contributed by atoms with van der Waals surface area (Å²) in [5.74, 6) is 0.160. The van der Waals surface area contributed by atoms with Crippen LogP contribution in [0.5, 0.6) is 0 Å². The Labute approximate surface area is 153 Å². The molecule has 7 nitrogen and oxygen atoms in total. The fourth-order valence-electron chi connectivity index (χ4n) is 3.85. The third kappa shape index (κ3) is 3.67. The van der Waals surface area contributed by atoms with E-state index >= 15 is 0 Å². The highest BCUT2D eigenvalue weighted by atomic mass is 16.3. The topological polar surface area (TPSA) is 80.4 Å². The summed E-state index contributed by atoms with van der Waals surface area (Å²) < 4.78 is 6.85. The van der Waals surface area contributed by atoms with E-state index in [2.05, 4.69) is 22.1 Å². The molecule has 3 rings (SSSR count). The summed E-state index contributed by atoms with van der Waals surface area (Å²) in [5.41, 5.74) is 0.254. The lowest BCUT2D eigenvalue weighted by molar-refractivity contribution is 0.0947. The molecule has 0 aromatic carbocycles. The number of piperidine rings is 1. The number of aromatic nitrogens is 2.